The van der Waals surface area contributed by atoms with Gasteiger partial charge < -0.3 is 15.2 Å². The van der Waals surface area contributed by atoms with Crippen LogP contribution in [0.4, 0.5) is 0 Å². The molecule has 1 aromatic carbocycles. The van der Waals surface area contributed by atoms with Gasteiger partial charge in [-0.25, -0.2) is 0 Å². The summed E-state index contributed by atoms with van der Waals surface area (Å²) in [6, 6.07) is 7.69. The van der Waals surface area contributed by atoms with Gasteiger partial charge in [0.1, 0.15) is 6.10 Å². The molecular formula is C17H25NO3. The van der Waals surface area contributed by atoms with E-state index in [2.05, 4.69) is 26.1 Å². The highest BCUT2D eigenvalue weighted by atomic mass is 16.5. The minimum absolute atomic E-state index is 0.0360. The fraction of sp³-hybridized carbons (Fsp3) is 0.588. The number of ether oxygens (including phenoxy) is 1. The summed E-state index contributed by atoms with van der Waals surface area (Å²) in [6.45, 7) is 6.74. The lowest BCUT2D eigenvalue weighted by molar-refractivity contribution is 0.0138. The summed E-state index contributed by atoms with van der Waals surface area (Å²) < 4.78 is 5.78. The van der Waals surface area contributed by atoms with Crippen LogP contribution in [0.15, 0.2) is 24.3 Å². The summed E-state index contributed by atoms with van der Waals surface area (Å²) in [6.07, 6.45) is 0.849. The minimum Gasteiger partial charge on any atom is -0.396 e. The molecule has 0 aromatic heterocycles. The number of carbonyl (C=O) groups is 1. The maximum Gasteiger partial charge on any atom is 0.193 e. The van der Waals surface area contributed by atoms with Crippen molar-refractivity contribution in [3.05, 3.63) is 35.4 Å². The molecule has 0 aliphatic heterocycles. The van der Waals surface area contributed by atoms with Gasteiger partial charge in [-0.05, 0) is 39.2 Å². The number of rotatable bonds is 5. The maximum absolute atomic E-state index is 12.7. The molecule has 2 unspecified atom stereocenters. The van der Waals surface area contributed by atoms with Crippen LogP contribution in [0.3, 0.4) is 0 Å². The van der Waals surface area contributed by atoms with Crippen LogP contribution in [-0.2, 0) is 11.2 Å². The van der Waals surface area contributed by atoms with Crippen LogP contribution in [0.2, 0.25) is 0 Å². The molecule has 21 heavy (non-hydrogen) atoms. The van der Waals surface area contributed by atoms with E-state index in [4.69, 9.17) is 9.84 Å². The van der Waals surface area contributed by atoms with Gasteiger partial charge in [-0.15, -0.1) is 0 Å². The Morgan fingerprint density at radius 3 is 2.71 bits per heavy atom. The van der Waals surface area contributed by atoms with Crippen molar-refractivity contribution in [2.75, 3.05) is 13.2 Å². The van der Waals surface area contributed by atoms with Gasteiger partial charge >= 0.3 is 0 Å². The SMILES string of the molecule is CC(C)(C)NC1Cc2ccccc2C(=O)C1OCCCO. The third kappa shape index (κ3) is 4.13. The van der Waals surface area contributed by atoms with Gasteiger partial charge in [-0.2, -0.15) is 0 Å². The van der Waals surface area contributed by atoms with Crippen molar-refractivity contribution in [1.29, 1.82) is 0 Å². The second-order valence-electron chi connectivity index (χ2n) is 6.59. The number of fused-ring (bicyclic) bond motifs is 1. The lowest BCUT2D eigenvalue weighted by atomic mass is 9.84. The molecule has 0 fully saturated rings. The standard InChI is InChI=1S/C17H25NO3/c1-17(2,3)18-14-11-12-7-4-5-8-13(12)15(20)16(14)21-10-6-9-19/h4-5,7-8,14,16,18-19H,6,9-11H2,1-3H3. The summed E-state index contributed by atoms with van der Waals surface area (Å²) in [5.41, 5.74) is 1.75. The third-order valence-corrected chi connectivity index (χ3v) is 3.56. The van der Waals surface area contributed by atoms with Crippen LogP contribution in [0.5, 0.6) is 0 Å². The van der Waals surface area contributed by atoms with E-state index in [1.54, 1.807) is 0 Å². The average Bonchev–Trinajstić information content (AvgIpc) is 2.41. The van der Waals surface area contributed by atoms with Gasteiger partial charge in [0.15, 0.2) is 5.78 Å². The Bertz CT molecular complexity index is 493. The summed E-state index contributed by atoms with van der Waals surface area (Å²) in [4.78, 5) is 12.7. The van der Waals surface area contributed by atoms with Crippen LogP contribution in [0.25, 0.3) is 0 Å². The number of ketones is 1. The second kappa shape index (κ2) is 6.69. The lowest BCUT2D eigenvalue weighted by Gasteiger charge is -2.37. The molecule has 0 saturated carbocycles. The first-order chi connectivity index (χ1) is 9.92. The first kappa shape index (κ1) is 16.1. The van der Waals surface area contributed by atoms with Crippen molar-refractivity contribution in [2.24, 2.45) is 0 Å². The van der Waals surface area contributed by atoms with Crippen molar-refractivity contribution in [3.8, 4) is 0 Å². The summed E-state index contributed by atoms with van der Waals surface area (Å²) in [7, 11) is 0. The number of carbonyl (C=O) groups excluding carboxylic acids is 1. The molecular weight excluding hydrogens is 266 g/mol. The van der Waals surface area contributed by atoms with Crippen molar-refractivity contribution in [3.63, 3.8) is 0 Å². The first-order valence-electron chi connectivity index (χ1n) is 7.54. The largest absolute Gasteiger partial charge is 0.396 e. The van der Waals surface area contributed by atoms with Gasteiger partial charge in [-0.1, -0.05) is 24.3 Å². The summed E-state index contributed by atoms with van der Waals surface area (Å²) in [5, 5.41) is 12.4. The summed E-state index contributed by atoms with van der Waals surface area (Å²) in [5.74, 6) is 0.0385. The molecule has 1 aliphatic rings. The number of aliphatic hydroxyl groups is 1. The van der Waals surface area contributed by atoms with Crippen LogP contribution in [0.1, 0.15) is 43.1 Å². The molecule has 116 valence electrons. The quantitative estimate of drug-likeness (QED) is 0.814. The molecule has 1 aromatic rings. The molecule has 4 nitrogen and oxygen atoms in total. The molecule has 0 bridgehead atoms. The molecule has 2 atom stereocenters. The zero-order valence-electron chi connectivity index (χ0n) is 13.1. The molecule has 0 amide bonds. The van der Waals surface area contributed by atoms with E-state index in [1.807, 2.05) is 24.3 Å². The van der Waals surface area contributed by atoms with Crippen molar-refractivity contribution in [2.45, 2.75) is 51.3 Å². The topological polar surface area (TPSA) is 58.6 Å². The van der Waals surface area contributed by atoms with Crippen LogP contribution in [0, 0.1) is 0 Å². The number of hydrogen-bond acceptors (Lipinski definition) is 4. The number of hydrogen-bond donors (Lipinski definition) is 2. The van der Waals surface area contributed by atoms with Gasteiger partial charge in [0.05, 0.1) is 0 Å². The molecule has 2 N–H and O–H groups in total. The monoisotopic (exact) mass is 291 g/mol. The van der Waals surface area contributed by atoms with E-state index in [0.717, 1.165) is 17.5 Å². The second-order valence-corrected chi connectivity index (χ2v) is 6.59. The zero-order chi connectivity index (χ0) is 15.5. The van der Waals surface area contributed by atoms with Gasteiger partial charge in [0, 0.05) is 30.4 Å². The Morgan fingerprint density at radius 1 is 1.33 bits per heavy atom. The maximum atomic E-state index is 12.7. The molecule has 0 saturated heterocycles. The van der Waals surface area contributed by atoms with E-state index < -0.39 is 6.10 Å². The zero-order valence-corrected chi connectivity index (χ0v) is 13.1. The van der Waals surface area contributed by atoms with E-state index >= 15 is 0 Å². The molecule has 1 aliphatic carbocycles. The fourth-order valence-electron chi connectivity index (χ4n) is 2.77. The minimum atomic E-state index is -0.481. The molecule has 0 heterocycles. The van der Waals surface area contributed by atoms with Crippen molar-refractivity contribution >= 4 is 5.78 Å². The summed E-state index contributed by atoms with van der Waals surface area (Å²) >= 11 is 0. The molecule has 2 rings (SSSR count). The van der Waals surface area contributed by atoms with Crippen LogP contribution >= 0.6 is 0 Å². The Kier molecular flexibility index (Phi) is 5.14. The van der Waals surface area contributed by atoms with Crippen LogP contribution in [-0.4, -0.2) is 41.8 Å². The molecule has 0 spiro atoms. The lowest BCUT2D eigenvalue weighted by Crippen LogP contribution is -2.56. The van der Waals surface area contributed by atoms with Gasteiger partial charge in [-0.3, -0.25) is 4.79 Å². The Morgan fingerprint density at radius 2 is 2.05 bits per heavy atom. The van der Waals surface area contributed by atoms with Gasteiger partial charge in [0.2, 0.25) is 0 Å². The first-order valence-corrected chi connectivity index (χ1v) is 7.54. The number of benzene rings is 1. The highest BCUT2D eigenvalue weighted by Crippen LogP contribution is 2.25. The normalized spacial score (nSPS) is 22.2. The average molecular weight is 291 g/mol. The van der Waals surface area contributed by atoms with Crippen LogP contribution < -0.4 is 5.32 Å². The Labute approximate surface area is 126 Å². The molecule has 4 heteroatoms. The number of Topliss-reactive ketones (excluding diaryl/α,β-unsaturated/α-hetero) is 1. The Hall–Kier alpha value is -1.23. The van der Waals surface area contributed by atoms with E-state index in [0.29, 0.717) is 13.0 Å². The highest BCUT2D eigenvalue weighted by molar-refractivity contribution is 6.02. The van der Waals surface area contributed by atoms with E-state index in [9.17, 15) is 4.79 Å². The van der Waals surface area contributed by atoms with E-state index in [1.165, 1.54) is 0 Å². The number of nitrogens with one attached hydrogen (secondary N) is 1. The smallest absolute Gasteiger partial charge is 0.193 e. The number of aliphatic hydroxyl groups excluding tert-OH is 1. The third-order valence-electron chi connectivity index (χ3n) is 3.56. The predicted octanol–water partition coefficient (Wildman–Crippen LogP) is 1.95. The van der Waals surface area contributed by atoms with E-state index in [-0.39, 0.29) is 24.0 Å². The van der Waals surface area contributed by atoms with Crippen molar-refractivity contribution < 1.29 is 14.6 Å². The molecule has 0 radical (unpaired) electrons. The predicted molar refractivity (Wildman–Crippen MR) is 82.6 cm³/mol. The Balaban J connectivity index is 2.22. The van der Waals surface area contributed by atoms with Gasteiger partial charge in [0.25, 0.3) is 0 Å². The highest BCUT2D eigenvalue weighted by Gasteiger charge is 2.37. The van der Waals surface area contributed by atoms with Crippen molar-refractivity contribution in [1.82, 2.24) is 5.32 Å². The fourth-order valence-corrected chi connectivity index (χ4v) is 2.77.